The Labute approximate surface area is 112 Å². The first kappa shape index (κ1) is 14.1. The Bertz CT molecular complexity index is 492. The molecule has 0 saturated carbocycles. The van der Waals surface area contributed by atoms with E-state index in [2.05, 4.69) is 9.98 Å². The van der Waals surface area contributed by atoms with Crippen LogP contribution >= 0.6 is 11.8 Å². The fraction of sp³-hybridized carbons (Fsp3) is 0.545. The molecule has 2 aliphatic rings. The largest absolute Gasteiger partial charge is 0.414 e. The van der Waals surface area contributed by atoms with Crippen LogP contribution in [0.15, 0.2) is 21.6 Å². The minimum Gasteiger partial charge on any atom is -0.352 e. The minimum absolute atomic E-state index is 0.0493. The molecule has 8 heteroatoms. The molecule has 0 N–H and O–H groups in total. The first-order valence-corrected chi connectivity index (χ1v) is 6.66. The lowest BCUT2D eigenvalue weighted by atomic mass is 10.1. The fourth-order valence-corrected chi connectivity index (χ4v) is 3.15. The van der Waals surface area contributed by atoms with Gasteiger partial charge in [-0.25, -0.2) is 4.99 Å². The smallest absolute Gasteiger partial charge is 0.352 e. The van der Waals surface area contributed by atoms with Gasteiger partial charge in [-0.05, 0) is 13.8 Å². The molecule has 0 aromatic heterocycles. The van der Waals surface area contributed by atoms with E-state index in [1.807, 2.05) is 18.7 Å². The highest BCUT2D eigenvalue weighted by Gasteiger charge is 2.46. The summed E-state index contributed by atoms with van der Waals surface area (Å²) in [7, 11) is 0. The van der Waals surface area contributed by atoms with Crippen LogP contribution in [0.1, 0.15) is 13.8 Å². The van der Waals surface area contributed by atoms with Crippen molar-refractivity contribution in [2.24, 2.45) is 9.98 Å². The van der Waals surface area contributed by atoms with E-state index in [4.69, 9.17) is 0 Å². The molecule has 0 saturated heterocycles. The molecule has 0 aromatic carbocycles. The van der Waals surface area contributed by atoms with Gasteiger partial charge < -0.3 is 4.90 Å². The third kappa shape index (κ3) is 2.68. The Kier molecular flexibility index (Phi) is 3.71. The van der Waals surface area contributed by atoms with Crippen LogP contribution in [-0.4, -0.2) is 46.3 Å². The van der Waals surface area contributed by atoms with Crippen LogP contribution in [0.4, 0.5) is 13.2 Å². The highest BCUT2D eigenvalue weighted by atomic mass is 32.2. The monoisotopic (exact) mass is 291 g/mol. The summed E-state index contributed by atoms with van der Waals surface area (Å²) in [5, 5.41) is -0.535. The van der Waals surface area contributed by atoms with Crippen molar-refractivity contribution in [3.63, 3.8) is 0 Å². The predicted octanol–water partition coefficient (Wildman–Crippen LogP) is 2.23. The molecule has 0 fully saturated rings. The van der Waals surface area contributed by atoms with E-state index >= 15 is 0 Å². The van der Waals surface area contributed by atoms with Crippen LogP contribution in [0.3, 0.4) is 0 Å². The summed E-state index contributed by atoms with van der Waals surface area (Å²) in [4.78, 5) is 20.7. The maximum Gasteiger partial charge on any atom is 0.414 e. The summed E-state index contributed by atoms with van der Waals surface area (Å²) in [6.07, 6.45) is -3.98. The van der Waals surface area contributed by atoms with E-state index in [1.165, 1.54) is 0 Å². The number of amides is 1. The first-order chi connectivity index (χ1) is 8.86. The fourth-order valence-electron chi connectivity index (χ4n) is 1.85. The number of hydrogen-bond acceptors (Lipinski definition) is 4. The van der Waals surface area contributed by atoms with Crippen molar-refractivity contribution in [1.82, 2.24) is 4.90 Å². The second-order valence-electron chi connectivity index (χ2n) is 3.97. The molecule has 0 radical (unpaired) electrons. The second kappa shape index (κ2) is 4.99. The van der Waals surface area contributed by atoms with E-state index < -0.39 is 22.9 Å². The number of halogens is 3. The van der Waals surface area contributed by atoms with E-state index in [0.29, 0.717) is 24.3 Å². The Balaban J connectivity index is 2.32. The minimum atomic E-state index is -4.54. The zero-order valence-electron chi connectivity index (χ0n) is 10.4. The van der Waals surface area contributed by atoms with E-state index in [1.54, 1.807) is 0 Å². The first-order valence-electron chi connectivity index (χ1n) is 5.78. The highest BCUT2D eigenvalue weighted by Crippen LogP contribution is 2.40. The standard InChI is InChI=1S/C11H12F3N3OS/c1-3-17(4-2)10-16-9-8(19-10)6(11(12,13)14)5-7(18)15-9/h5,8H,3-4H2,1-2H3. The number of hydrogen-bond donors (Lipinski definition) is 0. The maximum atomic E-state index is 12.9. The molecule has 2 heterocycles. The zero-order valence-corrected chi connectivity index (χ0v) is 11.2. The molecule has 104 valence electrons. The van der Waals surface area contributed by atoms with Gasteiger partial charge in [-0.3, -0.25) is 4.79 Å². The third-order valence-electron chi connectivity index (χ3n) is 2.82. The number of thioether (sulfide) groups is 1. The van der Waals surface area contributed by atoms with Crippen molar-refractivity contribution < 1.29 is 18.0 Å². The average Bonchev–Trinajstić information content (AvgIpc) is 2.71. The summed E-state index contributed by atoms with van der Waals surface area (Å²) >= 11 is 0.993. The van der Waals surface area contributed by atoms with Crippen LogP contribution in [0, 0.1) is 0 Å². The van der Waals surface area contributed by atoms with Crippen molar-refractivity contribution >= 4 is 28.7 Å². The lowest BCUT2D eigenvalue weighted by Gasteiger charge is -2.22. The maximum absolute atomic E-state index is 12.9. The Morgan fingerprint density at radius 2 is 1.95 bits per heavy atom. The molecule has 0 aromatic rings. The number of aliphatic imine (C=N–C) groups is 2. The Morgan fingerprint density at radius 3 is 2.47 bits per heavy atom. The lowest BCUT2D eigenvalue weighted by molar-refractivity contribution is -0.115. The third-order valence-corrected chi connectivity index (χ3v) is 4.08. The molecule has 2 rings (SSSR count). The van der Waals surface area contributed by atoms with Gasteiger partial charge in [0.05, 0.1) is 5.57 Å². The molecule has 2 aliphatic heterocycles. The molecule has 0 bridgehead atoms. The second-order valence-corrected chi connectivity index (χ2v) is 5.04. The molecular weight excluding hydrogens is 279 g/mol. The topological polar surface area (TPSA) is 45.0 Å². The van der Waals surface area contributed by atoms with Gasteiger partial charge in [0.25, 0.3) is 5.91 Å². The van der Waals surface area contributed by atoms with Crippen molar-refractivity contribution in [1.29, 1.82) is 0 Å². The van der Waals surface area contributed by atoms with Gasteiger partial charge in [0.1, 0.15) is 5.25 Å². The highest BCUT2D eigenvalue weighted by molar-refractivity contribution is 8.15. The molecule has 1 atom stereocenters. The van der Waals surface area contributed by atoms with E-state index in [-0.39, 0.29) is 5.84 Å². The van der Waals surface area contributed by atoms with E-state index in [0.717, 1.165) is 11.8 Å². The van der Waals surface area contributed by atoms with Gasteiger partial charge in [0.2, 0.25) is 0 Å². The molecule has 1 amide bonds. The quantitative estimate of drug-likeness (QED) is 0.783. The SMILES string of the molecule is CCN(CC)C1=NC2=NC(=O)C=C(C(F)(F)F)C2S1. The van der Waals surface area contributed by atoms with Crippen LogP contribution in [-0.2, 0) is 4.79 Å². The van der Waals surface area contributed by atoms with Gasteiger partial charge in [0.15, 0.2) is 11.0 Å². The van der Waals surface area contributed by atoms with Crippen LogP contribution in [0.2, 0.25) is 0 Å². The molecule has 0 spiro atoms. The van der Waals surface area contributed by atoms with Crippen LogP contribution in [0.5, 0.6) is 0 Å². The summed E-state index contributed by atoms with van der Waals surface area (Å²) < 4.78 is 38.7. The number of amidine groups is 2. The molecule has 19 heavy (non-hydrogen) atoms. The summed E-state index contributed by atoms with van der Waals surface area (Å²) in [6.45, 7) is 5.06. The average molecular weight is 291 g/mol. The van der Waals surface area contributed by atoms with Gasteiger partial charge in [-0.2, -0.15) is 18.2 Å². The van der Waals surface area contributed by atoms with Crippen molar-refractivity contribution in [3.05, 3.63) is 11.6 Å². The number of alkyl halides is 3. The van der Waals surface area contributed by atoms with Crippen molar-refractivity contribution in [2.75, 3.05) is 13.1 Å². The van der Waals surface area contributed by atoms with Gasteiger partial charge >= 0.3 is 6.18 Å². The van der Waals surface area contributed by atoms with Gasteiger partial charge in [0, 0.05) is 19.2 Å². The van der Waals surface area contributed by atoms with Gasteiger partial charge in [-0.1, -0.05) is 11.8 Å². The molecule has 4 nitrogen and oxygen atoms in total. The van der Waals surface area contributed by atoms with Crippen LogP contribution < -0.4 is 0 Å². The molecule has 1 unspecified atom stereocenters. The number of carbonyl (C=O) groups is 1. The number of rotatable bonds is 2. The summed E-state index contributed by atoms with van der Waals surface area (Å²) in [5.41, 5.74) is -0.876. The van der Waals surface area contributed by atoms with Crippen molar-refractivity contribution in [3.8, 4) is 0 Å². The van der Waals surface area contributed by atoms with E-state index in [9.17, 15) is 18.0 Å². The van der Waals surface area contributed by atoms with Crippen LogP contribution in [0.25, 0.3) is 0 Å². The number of carbonyl (C=O) groups excluding carboxylic acids is 1. The number of dihydropyridines is 1. The summed E-state index contributed by atoms with van der Waals surface area (Å²) in [6, 6.07) is 0. The molecular formula is C11H12F3N3OS. The predicted molar refractivity (Wildman–Crippen MR) is 68.3 cm³/mol. The number of nitrogens with zero attached hydrogens (tertiary/aromatic N) is 3. The van der Waals surface area contributed by atoms with Crippen molar-refractivity contribution in [2.45, 2.75) is 25.3 Å². The Morgan fingerprint density at radius 1 is 1.32 bits per heavy atom. The summed E-state index contributed by atoms with van der Waals surface area (Å²) in [5.74, 6) is -0.949. The lowest BCUT2D eigenvalue weighted by Crippen LogP contribution is -2.31. The number of fused-ring (bicyclic) bond motifs is 1. The normalized spacial score (nSPS) is 22.7. The molecule has 0 aliphatic carbocycles. The zero-order chi connectivity index (χ0) is 14.2. The van der Waals surface area contributed by atoms with Gasteiger partial charge in [-0.15, -0.1) is 0 Å². The Hall–Kier alpha value is -1.31.